The van der Waals surface area contributed by atoms with Gasteiger partial charge in [-0.05, 0) is 31.9 Å². The van der Waals surface area contributed by atoms with Crippen LogP contribution in [0.15, 0.2) is 35.2 Å². The molecule has 2 saturated heterocycles. The molecule has 0 aliphatic carbocycles. The van der Waals surface area contributed by atoms with Crippen molar-refractivity contribution in [2.75, 3.05) is 13.1 Å². The van der Waals surface area contributed by atoms with Crippen LogP contribution in [-0.2, 0) is 14.8 Å². The number of ether oxygens (including phenoxy) is 1. The van der Waals surface area contributed by atoms with Crippen LogP contribution >= 0.6 is 0 Å². The van der Waals surface area contributed by atoms with E-state index in [-0.39, 0.29) is 12.2 Å². The highest BCUT2D eigenvalue weighted by Crippen LogP contribution is 2.34. The van der Waals surface area contributed by atoms with Crippen LogP contribution in [0.1, 0.15) is 19.8 Å². The molecular formula is C14H19NO3S. The number of hydrogen-bond acceptors (Lipinski definition) is 3. The fraction of sp³-hybridized carbons (Fsp3) is 0.571. The van der Waals surface area contributed by atoms with Crippen LogP contribution in [0, 0.1) is 5.92 Å². The molecule has 0 radical (unpaired) electrons. The molecule has 2 fully saturated rings. The second-order valence-corrected chi connectivity index (χ2v) is 7.38. The summed E-state index contributed by atoms with van der Waals surface area (Å²) in [4.78, 5) is 0.389. The van der Waals surface area contributed by atoms with E-state index in [0.717, 1.165) is 12.8 Å². The Bertz CT molecular complexity index is 543. The lowest BCUT2D eigenvalue weighted by Crippen LogP contribution is -2.44. The van der Waals surface area contributed by atoms with Crippen molar-refractivity contribution < 1.29 is 13.2 Å². The molecule has 2 heterocycles. The zero-order valence-corrected chi connectivity index (χ0v) is 11.8. The Morgan fingerprint density at radius 2 is 2.00 bits per heavy atom. The van der Waals surface area contributed by atoms with Crippen molar-refractivity contribution in [3.8, 4) is 0 Å². The third kappa shape index (κ3) is 2.42. The average molecular weight is 281 g/mol. The minimum absolute atomic E-state index is 0.247. The van der Waals surface area contributed by atoms with E-state index in [1.807, 2.05) is 6.07 Å². The Morgan fingerprint density at radius 1 is 1.26 bits per heavy atom. The van der Waals surface area contributed by atoms with Gasteiger partial charge in [-0.2, -0.15) is 4.31 Å². The summed E-state index contributed by atoms with van der Waals surface area (Å²) in [7, 11) is -3.34. The Labute approximate surface area is 114 Å². The van der Waals surface area contributed by atoms with E-state index in [9.17, 15) is 8.42 Å². The van der Waals surface area contributed by atoms with E-state index in [0.29, 0.717) is 23.9 Å². The Hall–Kier alpha value is -0.910. The van der Waals surface area contributed by atoms with Crippen molar-refractivity contribution in [2.45, 2.75) is 36.9 Å². The molecule has 3 rings (SSSR count). The molecule has 19 heavy (non-hydrogen) atoms. The largest absolute Gasteiger partial charge is 0.375 e. The molecule has 0 unspecified atom stereocenters. The van der Waals surface area contributed by atoms with Crippen LogP contribution in [0.5, 0.6) is 0 Å². The van der Waals surface area contributed by atoms with Crippen molar-refractivity contribution in [3.63, 3.8) is 0 Å². The summed E-state index contributed by atoms with van der Waals surface area (Å²) in [5, 5.41) is 0. The maximum Gasteiger partial charge on any atom is 0.243 e. The van der Waals surface area contributed by atoms with Gasteiger partial charge in [-0.15, -0.1) is 0 Å². The zero-order valence-electron chi connectivity index (χ0n) is 11.0. The van der Waals surface area contributed by atoms with Gasteiger partial charge in [0.15, 0.2) is 0 Å². The van der Waals surface area contributed by atoms with Gasteiger partial charge >= 0.3 is 0 Å². The fourth-order valence-corrected chi connectivity index (χ4v) is 4.66. The number of sulfonamides is 1. The van der Waals surface area contributed by atoms with Gasteiger partial charge in [-0.1, -0.05) is 18.2 Å². The van der Waals surface area contributed by atoms with Crippen LogP contribution in [0.4, 0.5) is 0 Å². The van der Waals surface area contributed by atoms with Gasteiger partial charge < -0.3 is 4.74 Å². The van der Waals surface area contributed by atoms with Crippen LogP contribution in [0.25, 0.3) is 0 Å². The summed E-state index contributed by atoms with van der Waals surface area (Å²) in [5.41, 5.74) is 0. The van der Waals surface area contributed by atoms with Gasteiger partial charge in [0.25, 0.3) is 0 Å². The monoisotopic (exact) mass is 281 g/mol. The van der Waals surface area contributed by atoms with Crippen LogP contribution in [0.2, 0.25) is 0 Å². The molecule has 0 aromatic heterocycles. The SMILES string of the molecule is C[C@@H]1C[C@@H]2CN(S(=O)(=O)c3ccccc3)CC[C@H]2O1. The lowest BCUT2D eigenvalue weighted by molar-refractivity contribution is 0.0206. The van der Waals surface area contributed by atoms with E-state index in [1.54, 1.807) is 28.6 Å². The summed E-state index contributed by atoms with van der Waals surface area (Å²) in [6.45, 7) is 3.21. The molecule has 4 nitrogen and oxygen atoms in total. The van der Waals surface area contributed by atoms with Crippen LogP contribution < -0.4 is 0 Å². The first-order valence-electron chi connectivity index (χ1n) is 6.78. The van der Waals surface area contributed by atoms with E-state index >= 15 is 0 Å². The average Bonchev–Trinajstić information content (AvgIpc) is 2.78. The molecule has 0 spiro atoms. The molecular weight excluding hydrogens is 262 g/mol. The summed E-state index contributed by atoms with van der Waals surface area (Å²) < 4.78 is 32.5. The van der Waals surface area contributed by atoms with E-state index in [1.165, 1.54) is 0 Å². The van der Waals surface area contributed by atoms with Gasteiger partial charge in [0.1, 0.15) is 0 Å². The highest BCUT2D eigenvalue weighted by molar-refractivity contribution is 7.89. The van der Waals surface area contributed by atoms with Crippen LogP contribution in [0.3, 0.4) is 0 Å². The van der Waals surface area contributed by atoms with Crippen molar-refractivity contribution in [3.05, 3.63) is 30.3 Å². The maximum absolute atomic E-state index is 12.5. The summed E-state index contributed by atoms with van der Waals surface area (Å²) >= 11 is 0. The maximum atomic E-state index is 12.5. The number of benzene rings is 1. The first-order valence-corrected chi connectivity index (χ1v) is 8.22. The molecule has 5 heteroatoms. The van der Waals surface area contributed by atoms with Gasteiger partial charge in [-0.25, -0.2) is 8.42 Å². The molecule has 2 aliphatic rings. The Morgan fingerprint density at radius 3 is 2.74 bits per heavy atom. The minimum Gasteiger partial charge on any atom is -0.375 e. The summed E-state index contributed by atoms with van der Waals surface area (Å²) in [5.74, 6) is 0.349. The van der Waals surface area contributed by atoms with E-state index in [4.69, 9.17) is 4.74 Å². The van der Waals surface area contributed by atoms with Crippen molar-refractivity contribution in [1.29, 1.82) is 0 Å². The fourth-order valence-electron chi connectivity index (χ4n) is 3.12. The highest BCUT2D eigenvalue weighted by Gasteiger charge is 2.40. The number of nitrogens with zero attached hydrogens (tertiary/aromatic N) is 1. The van der Waals surface area contributed by atoms with Crippen molar-refractivity contribution in [1.82, 2.24) is 4.31 Å². The predicted molar refractivity (Wildman–Crippen MR) is 72.3 cm³/mol. The zero-order chi connectivity index (χ0) is 13.5. The third-order valence-corrected chi connectivity index (χ3v) is 5.93. The third-order valence-electron chi connectivity index (χ3n) is 4.05. The second kappa shape index (κ2) is 4.89. The van der Waals surface area contributed by atoms with E-state index in [2.05, 4.69) is 6.92 Å². The van der Waals surface area contributed by atoms with Crippen LogP contribution in [-0.4, -0.2) is 38.0 Å². The van der Waals surface area contributed by atoms with Gasteiger partial charge in [0.05, 0.1) is 17.1 Å². The lowest BCUT2D eigenvalue weighted by atomic mass is 9.94. The molecule has 3 atom stereocenters. The molecule has 2 aliphatic heterocycles. The number of rotatable bonds is 2. The first kappa shape index (κ1) is 13.1. The first-order chi connectivity index (χ1) is 9.07. The van der Waals surface area contributed by atoms with Crippen molar-refractivity contribution in [2.24, 2.45) is 5.92 Å². The molecule has 1 aromatic carbocycles. The minimum atomic E-state index is -3.34. The number of fused-ring (bicyclic) bond motifs is 1. The normalized spacial score (nSPS) is 32.2. The summed E-state index contributed by atoms with van der Waals surface area (Å²) in [6, 6.07) is 8.68. The lowest BCUT2D eigenvalue weighted by Gasteiger charge is -2.33. The van der Waals surface area contributed by atoms with E-state index < -0.39 is 10.0 Å². The predicted octanol–water partition coefficient (Wildman–Crippen LogP) is 1.87. The van der Waals surface area contributed by atoms with Crippen molar-refractivity contribution >= 4 is 10.0 Å². The van der Waals surface area contributed by atoms with Gasteiger partial charge in [0.2, 0.25) is 10.0 Å². The number of piperidine rings is 1. The molecule has 0 amide bonds. The summed E-state index contributed by atoms with van der Waals surface area (Å²) in [6.07, 6.45) is 2.28. The topological polar surface area (TPSA) is 46.6 Å². The molecule has 0 N–H and O–H groups in total. The molecule has 1 aromatic rings. The Balaban J connectivity index is 1.80. The quantitative estimate of drug-likeness (QED) is 0.831. The molecule has 0 saturated carbocycles. The van der Waals surface area contributed by atoms with Gasteiger partial charge in [0, 0.05) is 19.0 Å². The number of hydrogen-bond donors (Lipinski definition) is 0. The highest BCUT2D eigenvalue weighted by atomic mass is 32.2. The standard InChI is InChI=1S/C14H19NO3S/c1-11-9-12-10-15(8-7-14(12)18-11)19(16,17)13-5-3-2-4-6-13/h2-6,11-12,14H,7-10H2,1H3/t11-,12-,14-/m1/s1. The molecule has 0 bridgehead atoms. The second-order valence-electron chi connectivity index (χ2n) is 5.45. The molecule has 104 valence electrons. The van der Waals surface area contributed by atoms with Gasteiger partial charge in [-0.3, -0.25) is 0 Å². The Kier molecular flexibility index (Phi) is 3.37. The smallest absolute Gasteiger partial charge is 0.243 e.